The molecule has 3 rings (SSSR count). The van der Waals surface area contributed by atoms with Crippen molar-refractivity contribution in [3.63, 3.8) is 0 Å². The van der Waals surface area contributed by atoms with Crippen molar-refractivity contribution in [1.82, 2.24) is 0 Å². The molecule has 3 heteroatoms. The lowest BCUT2D eigenvalue weighted by Gasteiger charge is -2.22. The van der Waals surface area contributed by atoms with Gasteiger partial charge in [-0.1, -0.05) is 54.6 Å². The quantitative estimate of drug-likeness (QED) is 0.876. The fourth-order valence-corrected chi connectivity index (χ4v) is 2.78. The van der Waals surface area contributed by atoms with Crippen LogP contribution < -0.4 is 5.73 Å². The van der Waals surface area contributed by atoms with E-state index in [0.29, 0.717) is 0 Å². The van der Waals surface area contributed by atoms with Crippen molar-refractivity contribution in [2.75, 3.05) is 7.11 Å². The Morgan fingerprint density at radius 2 is 1.76 bits per heavy atom. The molecule has 2 N–H and O–H groups in total. The van der Waals surface area contributed by atoms with Gasteiger partial charge >= 0.3 is 5.97 Å². The molecular formula is C18H19NO2. The molecule has 2 aromatic rings. The Hall–Kier alpha value is -2.13. The molecule has 0 spiro atoms. The predicted octanol–water partition coefficient (Wildman–Crippen LogP) is 3.10. The average Bonchev–Trinajstić information content (AvgIpc) is 3.26. The summed E-state index contributed by atoms with van der Waals surface area (Å²) in [4.78, 5) is 12.1. The number of carbonyl (C=O) groups excluding carboxylic acids is 1. The highest BCUT2D eigenvalue weighted by Gasteiger charge is 2.50. The molecule has 1 fully saturated rings. The number of rotatable bonds is 4. The van der Waals surface area contributed by atoms with Crippen LogP contribution >= 0.6 is 0 Å². The standard InChI is InChI=1S/C18H19NO2/c1-21-17(20)16(18(19)10-11-18)15-9-5-8-14(12-15)13-6-3-2-4-7-13/h2-9,12,16H,10-11,19H2,1H3. The molecule has 1 aliphatic rings. The summed E-state index contributed by atoms with van der Waals surface area (Å²) in [6.45, 7) is 0. The summed E-state index contributed by atoms with van der Waals surface area (Å²) in [7, 11) is 1.42. The normalized spacial score (nSPS) is 17.0. The summed E-state index contributed by atoms with van der Waals surface area (Å²) in [5.41, 5.74) is 9.00. The Balaban J connectivity index is 2.00. The molecule has 0 amide bonds. The van der Waals surface area contributed by atoms with Gasteiger partial charge in [0, 0.05) is 5.54 Å². The SMILES string of the molecule is COC(=O)C(c1cccc(-c2ccccc2)c1)C1(N)CC1. The van der Waals surface area contributed by atoms with Crippen molar-refractivity contribution in [2.45, 2.75) is 24.3 Å². The van der Waals surface area contributed by atoms with Gasteiger partial charge in [-0.15, -0.1) is 0 Å². The van der Waals surface area contributed by atoms with Gasteiger partial charge in [0.1, 0.15) is 0 Å². The average molecular weight is 281 g/mol. The first-order valence-electron chi connectivity index (χ1n) is 7.16. The molecule has 3 nitrogen and oxygen atoms in total. The van der Waals surface area contributed by atoms with Crippen LogP contribution in [0.25, 0.3) is 11.1 Å². The van der Waals surface area contributed by atoms with E-state index in [9.17, 15) is 4.79 Å². The van der Waals surface area contributed by atoms with E-state index in [4.69, 9.17) is 10.5 Å². The number of carbonyl (C=O) groups is 1. The fourth-order valence-electron chi connectivity index (χ4n) is 2.78. The van der Waals surface area contributed by atoms with Crippen LogP contribution in [-0.4, -0.2) is 18.6 Å². The molecule has 0 saturated heterocycles. The second-order valence-corrected chi connectivity index (χ2v) is 5.68. The van der Waals surface area contributed by atoms with Crippen LogP contribution in [0.15, 0.2) is 54.6 Å². The fraction of sp³-hybridized carbons (Fsp3) is 0.278. The Labute approximate surface area is 124 Å². The minimum absolute atomic E-state index is 0.250. The first kappa shape index (κ1) is 13.8. The van der Waals surface area contributed by atoms with Crippen LogP contribution in [0.3, 0.4) is 0 Å². The smallest absolute Gasteiger partial charge is 0.315 e. The van der Waals surface area contributed by atoms with Crippen molar-refractivity contribution in [3.8, 4) is 11.1 Å². The Kier molecular flexibility index (Phi) is 3.52. The molecule has 1 unspecified atom stereocenters. The molecule has 21 heavy (non-hydrogen) atoms. The van der Waals surface area contributed by atoms with Gasteiger partial charge in [-0.05, 0) is 29.5 Å². The van der Waals surface area contributed by atoms with Gasteiger partial charge < -0.3 is 10.5 Å². The van der Waals surface area contributed by atoms with Crippen molar-refractivity contribution in [3.05, 3.63) is 60.2 Å². The van der Waals surface area contributed by atoms with Gasteiger partial charge in [-0.25, -0.2) is 0 Å². The minimum atomic E-state index is -0.442. The van der Waals surface area contributed by atoms with Crippen molar-refractivity contribution >= 4 is 5.97 Å². The van der Waals surface area contributed by atoms with Gasteiger partial charge in [-0.3, -0.25) is 4.79 Å². The highest BCUT2D eigenvalue weighted by Crippen LogP contribution is 2.46. The first-order valence-corrected chi connectivity index (χ1v) is 7.16. The lowest BCUT2D eigenvalue weighted by molar-refractivity contribution is -0.143. The lowest BCUT2D eigenvalue weighted by atomic mass is 9.88. The third kappa shape index (κ3) is 2.69. The largest absolute Gasteiger partial charge is 0.468 e. The van der Waals surface area contributed by atoms with Crippen LogP contribution in [-0.2, 0) is 9.53 Å². The predicted molar refractivity (Wildman–Crippen MR) is 82.8 cm³/mol. The van der Waals surface area contributed by atoms with Crippen molar-refractivity contribution < 1.29 is 9.53 Å². The number of esters is 1. The van der Waals surface area contributed by atoms with E-state index in [2.05, 4.69) is 12.1 Å². The Morgan fingerprint density at radius 3 is 2.38 bits per heavy atom. The van der Waals surface area contributed by atoms with Gasteiger partial charge in [0.15, 0.2) is 0 Å². The highest BCUT2D eigenvalue weighted by molar-refractivity contribution is 5.81. The molecule has 0 radical (unpaired) electrons. The van der Waals surface area contributed by atoms with E-state index in [-0.39, 0.29) is 11.9 Å². The minimum Gasteiger partial charge on any atom is -0.468 e. The summed E-state index contributed by atoms with van der Waals surface area (Å²) in [5.74, 6) is -0.633. The first-order chi connectivity index (χ1) is 10.1. The van der Waals surface area contributed by atoms with Crippen LogP contribution in [0.5, 0.6) is 0 Å². The summed E-state index contributed by atoms with van der Waals surface area (Å²) in [6.07, 6.45) is 1.73. The van der Waals surface area contributed by atoms with E-state index >= 15 is 0 Å². The maximum atomic E-state index is 12.1. The molecule has 1 atom stereocenters. The number of ether oxygens (including phenoxy) is 1. The molecule has 2 aromatic carbocycles. The molecule has 108 valence electrons. The number of nitrogens with two attached hydrogens (primary N) is 1. The maximum absolute atomic E-state index is 12.1. The molecule has 0 heterocycles. The third-order valence-corrected chi connectivity index (χ3v) is 4.17. The van der Waals surface area contributed by atoms with Crippen molar-refractivity contribution in [1.29, 1.82) is 0 Å². The number of hydrogen-bond acceptors (Lipinski definition) is 3. The van der Waals surface area contributed by atoms with Gasteiger partial charge in [0.05, 0.1) is 13.0 Å². The van der Waals surface area contributed by atoms with E-state index in [1.54, 1.807) is 0 Å². The van der Waals surface area contributed by atoms with Crippen LogP contribution in [0.2, 0.25) is 0 Å². The zero-order valence-corrected chi connectivity index (χ0v) is 12.1. The van der Waals surface area contributed by atoms with Crippen LogP contribution in [0.4, 0.5) is 0 Å². The zero-order chi connectivity index (χ0) is 14.9. The summed E-state index contributed by atoms with van der Waals surface area (Å²) < 4.78 is 4.96. The summed E-state index contributed by atoms with van der Waals surface area (Å²) in [6, 6.07) is 18.1. The Bertz CT molecular complexity index is 647. The van der Waals surface area contributed by atoms with Crippen LogP contribution in [0, 0.1) is 0 Å². The highest BCUT2D eigenvalue weighted by atomic mass is 16.5. The molecule has 0 aromatic heterocycles. The second-order valence-electron chi connectivity index (χ2n) is 5.68. The van der Waals surface area contributed by atoms with Crippen LogP contribution in [0.1, 0.15) is 24.3 Å². The molecular weight excluding hydrogens is 262 g/mol. The zero-order valence-electron chi connectivity index (χ0n) is 12.1. The van der Waals surface area contributed by atoms with E-state index in [0.717, 1.165) is 29.5 Å². The number of benzene rings is 2. The maximum Gasteiger partial charge on any atom is 0.315 e. The molecule has 0 bridgehead atoms. The summed E-state index contributed by atoms with van der Waals surface area (Å²) in [5, 5.41) is 0. The van der Waals surface area contributed by atoms with Gasteiger partial charge in [0.25, 0.3) is 0 Å². The summed E-state index contributed by atoms with van der Waals surface area (Å²) >= 11 is 0. The Morgan fingerprint density at radius 1 is 1.10 bits per heavy atom. The molecule has 1 aliphatic carbocycles. The monoisotopic (exact) mass is 281 g/mol. The topological polar surface area (TPSA) is 52.3 Å². The molecule has 0 aliphatic heterocycles. The molecule has 1 saturated carbocycles. The van der Waals surface area contributed by atoms with Gasteiger partial charge in [-0.2, -0.15) is 0 Å². The second kappa shape index (κ2) is 5.34. The van der Waals surface area contributed by atoms with E-state index in [1.807, 2.05) is 42.5 Å². The third-order valence-electron chi connectivity index (χ3n) is 4.17. The van der Waals surface area contributed by atoms with Gasteiger partial charge in [0.2, 0.25) is 0 Å². The lowest BCUT2D eigenvalue weighted by Crippen LogP contribution is -2.36. The number of hydrogen-bond donors (Lipinski definition) is 1. The van der Waals surface area contributed by atoms with E-state index in [1.165, 1.54) is 7.11 Å². The number of methoxy groups -OCH3 is 1. The van der Waals surface area contributed by atoms with E-state index < -0.39 is 5.54 Å². The van der Waals surface area contributed by atoms with Crippen molar-refractivity contribution in [2.24, 2.45) is 5.73 Å².